The molecule has 6 aliphatic rings. The number of nitrogens with one attached hydrogen (secondary N) is 1. The summed E-state index contributed by atoms with van der Waals surface area (Å²) in [6.07, 6.45) is 4.10. The van der Waals surface area contributed by atoms with Gasteiger partial charge in [-0.15, -0.1) is 0 Å². The molecule has 0 bridgehead atoms. The molecule has 6 rings (SSSR count). The van der Waals surface area contributed by atoms with Gasteiger partial charge < -0.3 is 19.7 Å². The molecule has 1 heterocycles. The monoisotopic (exact) mass is 615 g/mol. The van der Waals surface area contributed by atoms with E-state index in [1.165, 1.54) is 0 Å². The fraction of sp³-hybridized carbons (Fsp3) is 0.970. The Morgan fingerprint density at radius 1 is 1.02 bits per heavy atom. The number of hydrogen-bond acceptors (Lipinski definition) is 6. The van der Waals surface area contributed by atoms with Crippen LogP contribution in [0.3, 0.4) is 0 Å². The van der Waals surface area contributed by atoms with Gasteiger partial charge in [-0.1, -0.05) is 27.7 Å². The smallest absolute Gasteiger partial charge is 0.324 e. The Hall–Kier alpha value is -0.540. The van der Waals surface area contributed by atoms with E-state index in [4.69, 9.17) is 21.3 Å². The van der Waals surface area contributed by atoms with Crippen LogP contribution in [0.2, 0.25) is 0 Å². The van der Waals surface area contributed by atoms with Gasteiger partial charge in [0.25, 0.3) is 5.92 Å². The Kier molecular flexibility index (Phi) is 6.77. The molecule has 42 heavy (non-hydrogen) atoms. The lowest BCUT2D eigenvalue weighted by molar-refractivity contribution is -0.252. The molecular weight excluding hydrogens is 564 g/mol. The van der Waals surface area contributed by atoms with Gasteiger partial charge >= 0.3 is 5.97 Å². The number of carbonyl (C=O) groups is 1. The van der Waals surface area contributed by atoms with Crippen molar-refractivity contribution in [2.75, 3.05) is 0 Å². The number of halogens is 3. The number of ether oxygens (including phenoxy) is 2. The number of carbonyl (C=O) groups excluding carboxylic acids is 1. The van der Waals surface area contributed by atoms with Crippen LogP contribution in [0.4, 0.5) is 8.78 Å². The van der Waals surface area contributed by atoms with Crippen molar-refractivity contribution in [3.05, 3.63) is 0 Å². The average molecular weight is 616 g/mol. The van der Waals surface area contributed by atoms with Crippen molar-refractivity contribution in [1.29, 1.82) is 0 Å². The quantitative estimate of drug-likeness (QED) is 0.245. The van der Waals surface area contributed by atoms with Crippen LogP contribution in [0.15, 0.2) is 0 Å². The zero-order valence-corrected chi connectivity index (χ0v) is 27.4. The molecule has 12 atom stereocenters. The van der Waals surface area contributed by atoms with Crippen LogP contribution >= 0.6 is 11.8 Å². The first-order chi connectivity index (χ1) is 19.2. The highest BCUT2D eigenvalue weighted by Gasteiger charge is 2.86. The molecule has 2 spiro atoms. The van der Waals surface area contributed by atoms with Gasteiger partial charge in [-0.05, 0) is 118 Å². The normalized spacial score (nSPS) is 52.9. The summed E-state index contributed by atoms with van der Waals surface area (Å²) in [4.78, 5) is 15.6. The maximum absolute atomic E-state index is 15.6. The number of alkyl halides is 2. The molecule has 5 aliphatic carbocycles. The van der Waals surface area contributed by atoms with Crippen molar-refractivity contribution in [3.63, 3.8) is 0 Å². The van der Waals surface area contributed by atoms with Crippen molar-refractivity contribution in [2.45, 2.75) is 155 Å². The zero-order valence-electron chi connectivity index (χ0n) is 26.7. The highest BCUT2D eigenvalue weighted by molar-refractivity contribution is 6.14. The molecule has 0 aromatic rings. The van der Waals surface area contributed by atoms with Gasteiger partial charge in [0, 0.05) is 23.7 Å². The number of rotatable bonds is 5. The third kappa shape index (κ3) is 3.77. The molecule has 240 valence electrons. The van der Waals surface area contributed by atoms with Crippen LogP contribution < -0.4 is 4.84 Å². The molecule has 0 radical (unpaired) electrons. The number of esters is 1. The summed E-state index contributed by atoms with van der Waals surface area (Å²) >= 11 is 5.78. The summed E-state index contributed by atoms with van der Waals surface area (Å²) in [6, 6.07) is -0.756. The maximum Gasteiger partial charge on any atom is 0.324 e. The first kappa shape index (κ1) is 31.4. The summed E-state index contributed by atoms with van der Waals surface area (Å²) in [5.41, 5.74) is -3.84. The Morgan fingerprint density at radius 2 is 1.67 bits per heavy atom. The molecule has 0 unspecified atom stereocenters. The molecule has 9 heteroatoms. The van der Waals surface area contributed by atoms with Crippen molar-refractivity contribution >= 4 is 17.7 Å². The minimum atomic E-state index is -2.85. The van der Waals surface area contributed by atoms with E-state index in [1.54, 1.807) is 34.6 Å². The fourth-order valence-electron chi connectivity index (χ4n) is 12.4. The third-order valence-electron chi connectivity index (χ3n) is 14.6. The molecule has 0 aromatic carbocycles. The lowest BCUT2D eigenvalue weighted by Gasteiger charge is -2.65. The summed E-state index contributed by atoms with van der Waals surface area (Å²) in [5.74, 6) is -3.82. The fourth-order valence-corrected chi connectivity index (χ4v) is 12.5. The Balaban J connectivity index is 1.40. The largest absolute Gasteiger partial charge is 0.461 e. The van der Waals surface area contributed by atoms with E-state index >= 15 is 8.78 Å². The van der Waals surface area contributed by atoms with Crippen molar-refractivity contribution in [1.82, 2.24) is 4.84 Å². The lowest BCUT2D eigenvalue weighted by Crippen LogP contribution is -2.64. The Labute approximate surface area is 255 Å². The van der Waals surface area contributed by atoms with Crippen molar-refractivity contribution in [2.24, 2.45) is 44.8 Å². The molecule has 1 saturated heterocycles. The summed E-state index contributed by atoms with van der Waals surface area (Å²) in [5, 5.41) is 22.7. The number of hydrogen-bond donors (Lipinski definition) is 3. The second-order valence-corrected chi connectivity index (χ2v) is 17.4. The molecule has 0 amide bonds. The highest BCUT2D eigenvalue weighted by atomic mass is 35.5. The van der Waals surface area contributed by atoms with Crippen molar-refractivity contribution in [3.8, 4) is 0 Å². The number of aliphatic hydroxyl groups excluding tert-OH is 1. The van der Waals surface area contributed by atoms with Gasteiger partial charge in [-0.25, -0.2) is 13.6 Å². The van der Waals surface area contributed by atoms with Crippen LogP contribution in [0.1, 0.15) is 113 Å². The molecule has 3 N–H and O–H groups in total. The second-order valence-electron chi connectivity index (χ2n) is 17.2. The number of fused-ring (bicyclic) bond motifs is 2. The predicted molar refractivity (Wildman–Crippen MR) is 156 cm³/mol. The van der Waals surface area contributed by atoms with Gasteiger partial charge in [0.1, 0.15) is 12.1 Å². The summed E-state index contributed by atoms with van der Waals surface area (Å²) in [6.45, 7) is 15.3. The van der Waals surface area contributed by atoms with Gasteiger partial charge in [0.15, 0.2) is 0 Å². The van der Waals surface area contributed by atoms with Crippen LogP contribution in [-0.4, -0.2) is 57.7 Å². The Bertz CT molecular complexity index is 1150. The van der Waals surface area contributed by atoms with E-state index < -0.39 is 52.7 Å². The van der Waals surface area contributed by atoms with Crippen LogP contribution in [0, 0.1) is 44.8 Å². The predicted octanol–water partition coefficient (Wildman–Crippen LogP) is 6.39. The van der Waals surface area contributed by atoms with Gasteiger partial charge in [-0.3, -0.25) is 4.79 Å². The molecule has 0 aromatic heterocycles. The van der Waals surface area contributed by atoms with E-state index in [0.717, 1.165) is 32.1 Å². The van der Waals surface area contributed by atoms with E-state index in [2.05, 4.69) is 25.6 Å². The molecule has 6 nitrogen and oxygen atoms in total. The zero-order chi connectivity index (χ0) is 31.1. The minimum Gasteiger partial charge on any atom is -0.461 e. The first-order valence-electron chi connectivity index (χ1n) is 16.2. The standard InChI is InChI=1S/C33H52ClF2NO5/c1-18(37-34)25(39)41-20-15-21-29(7)16-19(38)23(30(8)10-9-22(42-30)27(4,5)40)28(29,6)11-12-31(21)17-32(31)13-14-33(35,36)26(2,3)24(20)32/h18-24,37-38,40H,9-17H2,1-8H3/t18-,19-,20-,21-,22-,23-,24-,28+,29-,30-,31-,32+/m0/s1. The van der Waals surface area contributed by atoms with E-state index in [9.17, 15) is 15.0 Å². The van der Waals surface area contributed by atoms with E-state index in [1.807, 2.05) is 0 Å². The van der Waals surface area contributed by atoms with Gasteiger partial charge in [0.05, 0.1) is 23.4 Å². The Morgan fingerprint density at radius 3 is 2.26 bits per heavy atom. The minimum absolute atomic E-state index is 0.0966. The van der Waals surface area contributed by atoms with E-state index in [-0.39, 0.29) is 46.0 Å². The van der Waals surface area contributed by atoms with Gasteiger partial charge in [-0.2, -0.15) is 0 Å². The highest BCUT2D eigenvalue weighted by Crippen LogP contribution is 2.90. The molecule has 1 aliphatic heterocycles. The maximum atomic E-state index is 15.6. The summed E-state index contributed by atoms with van der Waals surface area (Å²) in [7, 11) is 0. The summed E-state index contributed by atoms with van der Waals surface area (Å²) < 4.78 is 44.1. The molecule has 5 saturated carbocycles. The topological polar surface area (TPSA) is 88.0 Å². The van der Waals surface area contributed by atoms with Gasteiger partial charge in [0.2, 0.25) is 0 Å². The van der Waals surface area contributed by atoms with Crippen LogP contribution in [-0.2, 0) is 14.3 Å². The molecular formula is C33H52ClF2NO5. The molecule has 6 fully saturated rings. The SMILES string of the molecule is C[C@H](NCl)C(=O)O[C@H]1C[C@@H]2[C@]3(CC[C@]4(C)[C@@H]([C@]5(C)CC[C@@H](C(C)(C)O)O5)[C@@H](O)C[C@@]24C)C[C@@]32CCC(F)(F)C(C)(C)[C@H]12. The lowest BCUT2D eigenvalue weighted by atomic mass is 9.41. The van der Waals surface area contributed by atoms with E-state index in [0.29, 0.717) is 19.3 Å². The second kappa shape index (κ2) is 9.04. The average Bonchev–Trinajstić information content (AvgIpc) is 3.25. The van der Waals surface area contributed by atoms with Crippen molar-refractivity contribution < 1.29 is 33.3 Å². The van der Waals surface area contributed by atoms with Crippen LogP contribution in [0.25, 0.3) is 0 Å². The number of aliphatic hydroxyl groups is 2. The first-order valence-corrected chi connectivity index (χ1v) is 16.6. The van der Waals surface area contributed by atoms with Crippen LogP contribution in [0.5, 0.6) is 0 Å². The third-order valence-corrected chi connectivity index (χ3v) is 14.9.